The number of aromatic nitrogens is 4. The van der Waals surface area contributed by atoms with Crippen molar-refractivity contribution in [3.63, 3.8) is 0 Å². The Morgan fingerprint density at radius 2 is 1.94 bits per heavy atom. The van der Waals surface area contributed by atoms with Crippen molar-refractivity contribution in [2.45, 2.75) is 51.6 Å². The molecule has 0 bridgehead atoms. The van der Waals surface area contributed by atoms with Gasteiger partial charge in [-0.2, -0.15) is 5.10 Å². The van der Waals surface area contributed by atoms with E-state index in [2.05, 4.69) is 10.00 Å². The number of nitrogens with zero attached hydrogens (tertiary/aromatic N) is 6. The van der Waals surface area contributed by atoms with Crippen LogP contribution in [-0.2, 0) is 20.0 Å². The summed E-state index contributed by atoms with van der Waals surface area (Å²) in [6, 6.07) is 6.51. The number of carbonyl (C=O) groups is 1. The molecule has 1 atom stereocenters. The molecule has 0 unspecified atom stereocenters. The fourth-order valence-corrected chi connectivity index (χ4v) is 4.96. The molecule has 2 aliphatic rings. The summed E-state index contributed by atoms with van der Waals surface area (Å²) in [6.45, 7) is 4.30. The first-order chi connectivity index (χ1) is 16.0. The minimum atomic E-state index is -0.228. The van der Waals surface area contributed by atoms with E-state index >= 15 is 0 Å². The minimum absolute atomic E-state index is 0.0186. The smallest absolute Gasteiger partial charge is 0.257 e. The lowest BCUT2D eigenvalue weighted by molar-refractivity contribution is 0.0599. The highest BCUT2D eigenvalue weighted by Gasteiger charge is 2.33. The van der Waals surface area contributed by atoms with E-state index in [-0.39, 0.29) is 17.8 Å². The van der Waals surface area contributed by atoms with Crippen molar-refractivity contribution >= 4 is 11.7 Å². The van der Waals surface area contributed by atoms with Crippen LogP contribution in [0.15, 0.2) is 36.7 Å². The van der Waals surface area contributed by atoms with E-state index in [1.165, 1.54) is 17.7 Å². The maximum Gasteiger partial charge on any atom is 0.257 e. The molecule has 0 N–H and O–H groups in total. The number of fused-ring (bicyclic) bond motifs is 1. The maximum atomic E-state index is 13.4. The fraction of sp³-hybridized carbons (Fsp3) is 0.440. The summed E-state index contributed by atoms with van der Waals surface area (Å²) in [5.74, 6) is 1.42. The molecule has 4 heterocycles. The van der Waals surface area contributed by atoms with Crippen LogP contribution in [0, 0.1) is 12.7 Å². The summed E-state index contributed by atoms with van der Waals surface area (Å²) in [5.41, 5.74) is 3.80. The molecule has 0 saturated carbocycles. The Balaban J connectivity index is 1.47. The van der Waals surface area contributed by atoms with Crippen LogP contribution in [0.2, 0.25) is 0 Å². The molecule has 5 rings (SSSR count). The summed E-state index contributed by atoms with van der Waals surface area (Å²) in [7, 11) is 1.82. The number of hydrogen-bond acceptors (Lipinski definition) is 5. The molecule has 1 saturated heterocycles. The van der Waals surface area contributed by atoms with Crippen LogP contribution in [0.4, 0.5) is 10.2 Å². The SMILES string of the molecule is Cc1nc([C@@H]2CCCCN2C(=O)c2cnn(C)c2)nc2c1CCCN2Cc1ccc(F)cc1. The fourth-order valence-electron chi connectivity index (χ4n) is 4.96. The number of benzene rings is 1. The van der Waals surface area contributed by atoms with Crippen LogP contribution in [0.5, 0.6) is 0 Å². The molecule has 2 aromatic heterocycles. The van der Waals surface area contributed by atoms with Gasteiger partial charge >= 0.3 is 0 Å². The normalized spacial score (nSPS) is 18.3. The quantitative estimate of drug-likeness (QED) is 0.604. The second kappa shape index (κ2) is 8.92. The standard InChI is InChI=1S/C25H29FN6O/c1-17-21-6-5-12-31(15-18-8-10-20(26)11-9-18)24(21)29-23(28-17)22-7-3-4-13-32(22)25(33)19-14-27-30(2)16-19/h8-11,14,16,22H,3-7,12-13,15H2,1-2H3/t22-/m0/s1. The molecule has 33 heavy (non-hydrogen) atoms. The largest absolute Gasteiger partial charge is 0.352 e. The van der Waals surface area contributed by atoms with Gasteiger partial charge in [0.15, 0.2) is 5.82 Å². The monoisotopic (exact) mass is 448 g/mol. The third kappa shape index (κ3) is 4.34. The van der Waals surface area contributed by atoms with E-state index in [1.54, 1.807) is 17.1 Å². The molecule has 0 aliphatic carbocycles. The van der Waals surface area contributed by atoms with E-state index in [1.807, 2.05) is 31.0 Å². The van der Waals surface area contributed by atoms with Gasteiger partial charge in [0.2, 0.25) is 0 Å². The van der Waals surface area contributed by atoms with Gasteiger partial charge in [-0.15, -0.1) is 0 Å². The highest BCUT2D eigenvalue weighted by Crippen LogP contribution is 2.34. The first-order valence-corrected chi connectivity index (χ1v) is 11.7. The lowest BCUT2D eigenvalue weighted by Gasteiger charge is -2.36. The highest BCUT2D eigenvalue weighted by atomic mass is 19.1. The molecule has 1 aromatic carbocycles. The van der Waals surface area contributed by atoms with Crippen molar-refractivity contribution in [3.05, 3.63) is 70.7 Å². The number of piperidine rings is 1. The molecule has 2 aliphatic heterocycles. The first-order valence-electron chi connectivity index (χ1n) is 11.7. The zero-order valence-electron chi connectivity index (χ0n) is 19.2. The Hall–Kier alpha value is -3.29. The van der Waals surface area contributed by atoms with Gasteiger partial charge in [-0.25, -0.2) is 14.4 Å². The number of aryl methyl sites for hydroxylation is 2. The van der Waals surface area contributed by atoms with Crippen LogP contribution < -0.4 is 4.90 Å². The molecule has 0 radical (unpaired) electrons. The molecule has 172 valence electrons. The number of anilines is 1. The molecule has 0 spiro atoms. The molecule has 3 aromatic rings. The summed E-state index contributed by atoms with van der Waals surface area (Å²) < 4.78 is 15.0. The summed E-state index contributed by atoms with van der Waals surface area (Å²) in [5, 5.41) is 4.17. The third-order valence-electron chi connectivity index (χ3n) is 6.66. The Labute approximate surface area is 193 Å². The van der Waals surface area contributed by atoms with Crippen molar-refractivity contribution in [2.24, 2.45) is 7.05 Å². The number of rotatable bonds is 4. The van der Waals surface area contributed by atoms with Crippen molar-refractivity contribution in [2.75, 3.05) is 18.0 Å². The van der Waals surface area contributed by atoms with Gasteiger partial charge in [-0.3, -0.25) is 9.48 Å². The Bertz CT molecular complexity index is 1160. The molecule has 8 heteroatoms. The van der Waals surface area contributed by atoms with Gasteiger partial charge < -0.3 is 9.80 Å². The molecular weight excluding hydrogens is 419 g/mol. The average molecular weight is 449 g/mol. The number of likely N-dealkylation sites (tertiary alicyclic amines) is 1. The number of amides is 1. The lowest BCUT2D eigenvalue weighted by Crippen LogP contribution is -2.40. The van der Waals surface area contributed by atoms with Gasteiger partial charge in [0.1, 0.15) is 11.6 Å². The second-order valence-electron chi connectivity index (χ2n) is 9.03. The highest BCUT2D eigenvalue weighted by molar-refractivity contribution is 5.94. The Morgan fingerprint density at radius 3 is 2.70 bits per heavy atom. The van der Waals surface area contributed by atoms with Crippen LogP contribution in [0.1, 0.15) is 64.7 Å². The third-order valence-corrected chi connectivity index (χ3v) is 6.66. The second-order valence-corrected chi connectivity index (χ2v) is 9.03. The van der Waals surface area contributed by atoms with E-state index in [9.17, 15) is 9.18 Å². The van der Waals surface area contributed by atoms with Crippen molar-refractivity contribution in [1.29, 1.82) is 0 Å². The van der Waals surface area contributed by atoms with E-state index in [0.29, 0.717) is 24.5 Å². The molecule has 7 nitrogen and oxygen atoms in total. The van der Waals surface area contributed by atoms with Gasteiger partial charge in [0, 0.05) is 44.1 Å². The van der Waals surface area contributed by atoms with Gasteiger partial charge in [0.05, 0.1) is 17.8 Å². The molecule has 1 amide bonds. The molecular formula is C25H29FN6O. The first kappa shape index (κ1) is 21.6. The van der Waals surface area contributed by atoms with Gasteiger partial charge in [-0.05, 0) is 56.7 Å². The van der Waals surface area contributed by atoms with E-state index < -0.39 is 0 Å². The summed E-state index contributed by atoms with van der Waals surface area (Å²) in [4.78, 5) is 27.4. The van der Waals surface area contributed by atoms with E-state index in [0.717, 1.165) is 55.7 Å². The zero-order valence-corrected chi connectivity index (χ0v) is 19.2. The lowest BCUT2D eigenvalue weighted by atomic mass is 9.98. The topological polar surface area (TPSA) is 67.2 Å². The number of hydrogen-bond donors (Lipinski definition) is 0. The predicted octanol–water partition coefficient (Wildman–Crippen LogP) is 3.98. The Morgan fingerprint density at radius 1 is 1.12 bits per heavy atom. The number of halogens is 1. The van der Waals surface area contributed by atoms with E-state index in [4.69, 9.17) is 9.97 Å². The predicted molar refractivity (Wildman–Crippen MR) is 123 cm³/mol. The van der Waals surface area contributed by atoms with Crippen molar-refractivity contribution < 1.29 is 9.18 Å². The average Bonchev–Trinajstić information content (AvgIpc) is 3.27. The maximum absolute atomic E-state index is 13.4. The number of carbonyl (C=O) groups excluding carboxylic acids is 1. The summed E-state index contributed by atoms with van der Waals surface area (Å²) in [6.07, 6.45) is 8.23. The van der Waals surface area contributed by atoms with Crippen LogP contribution in [-0.4, -0.2) is 43.6 Å². The summed E-state index contributed by atoms with van der Waals surface area (Å²) >= 11 is 0. The zero-order chi connectivity index (χ0) is 22.9. The minimum Gasteiger partial charge on any atom is -0.352 e. The van der Waals surface area contributed by atoms with Crippen LogP contribution in [0.3, 0.4) is 0 Å². The van der Waals surface area contributed by atoms with Crippen LogP contribution >= 0.6 is 0 Å². The van der Waals surface area contributed by atoms with Gasteiger partial charge in [0.25, 0.3) is 5.91 Å². The van der Waals surface area contributed by atoms with Crippen molar-refractivity contribution in [3.8, 4) is 0 Å². The van der Waals surface area contributed by atoms with Crippen molar-refractivity contribution in [1.82, 2.24) is 24.6 Å². The Kier molecular flexibility index (Phi) is 5.83. The molecule has 1 fully saturated rings. The van der Waals surface area contributed by atoms with Crippen LogP contribution in [0.25, 0.3) is 0 Å². The van der Waals surface area contributed by atoms with Gasteiger partial charge in [-0.1, -0.05) is 12.1 Å².